The second-order valence-electron chi connectivity index (χ2n) is 2.73. The van der Waals surface area contributed by atoms with E-state index in [2.05, 4.69) is 10.0 Å². The van der Waals surface area contributed by atoms with Crippen LogP contribution in [0.5, 0.6) is 5.75 Å². The molecule has 0 aliphatic heterocycles. The van der Waals surface area contributed by atoms with Crippen molar-refractivity contribution in [3.8, 4) is 5.75 Å². The lowest BCUT2D eigenvalue weighted by Crippen LogP contribution is -2.06. The highest BCUT2D eigenvalue weighted by molar-refractivity contribution is 6.31. The quantitative estimate of drug-likeness (QED) is 0.261. The van der Waals surface area contributed by atoms with Crippen LogP contribution in [0, 0.1) is 0 Å². The van der Waals surface area contributed by atoms with Crippen molar-refractivity contribution in [2.75, 3.05) is 0 Å². The summed E-state index contributed by atoms with van der Waals surface area (Å²) in [5.41, 5.74) is 8.08. The van der Waals surface area contributed by atoms with E-state index in [4.69, 9.17) is 21.9 Å². The van der Waals surface area contributed by atoms with Gasteiger partial charge in [-0.05, 0) is 28.8 Å². The van der Waals surface area contributed by atoms with Crippen molar-refractivity contribution in [1.29, 1.82) is 0 Å². The highest BCUT2D eigenvalue weighted by atomic mass is 35.5. The molecule has 0 N–H and O–H groups in total. The summed E-state index contributed by atoms with van der Waals surface area (Å²) in [6.45, 7) is 1.19. The van der Waals surface area contributed by atoms with Crippen LogP contribution >= 0.6 is 11.6 Å². The predicted octanol–water partition coefficient (Wildman–Crippen LogP) is 2.72. The van der Waals surface area contributed by atoms with Crippen molar-refractivity contribution in [3.05, 3.63) is 39.2 Å². The standard InChI is InChI=1S/C9H6ClN3O3/c1-5(14)16-8-3-2-6(10)4-7(8)9(15)12-13-11/h2-4H,1H3. The summed E-state index contributed by atoms with van der Waals surface area (Å²) < 4.78 is 4.77. The Bertz CT molecular complexity index is 495. The van der Waals surface area contributed by atoms with Gasteiger partial charge in [-0.3, -0.25) is 9.59 Å². The molecule has 0 heterocycles. The molecule has 1 aromatic rings. The lowest BCUT2D eigenvalue weighted by atomic mass is 10.2. The molecule has 0 aromatic heterocycles. The van der Waals surface area contributed by atoms with E-state index in [1.54, 1.807) is 0 Å². The molecule has 1 amide bonds. The fourth-order valence-electron chi connectivity index (χ4n) is 1.01. The van der Waals surface area contributed by atoms with Crippen LogP contribution < -0.4 is 4.74 Å². The number of benzene rings is 1. The maximum absolute atomic E-state index is 11.3. The van der Waals surface area contributed by atoms with Crippen LogP contribution in [0.2, 0.25) is 5.02 Å². The van der Waals surface area contributed by atoms with Gasteiger partial charge >= 0.3 is 5.97 Å². The Morgan fingerprint density at radius 1 is 1.50 bits per heavy atom. The molecule has 7 heteroatoms. The number of nitrogens with zero attached hydrogens (tertiary/aromatic N) is 3. The highest BCUT2D eigenvalue weighted by Gasteiger charge is 2.13. The smallest absolute Gasteiger partial charge is 0.308 e. The van der Waals surface area contributed by atoms with E-state index >= 15 is 0 Å². The Hall–Kier alpha value is -2.04. The van der Waals surface area contributed by atoms with Crippen LogP contribution in [0.1, 0.15) is 17.3 Å². The largest absolute Gasteiger partial charge is 0.426 e. The first-order chi connectivity index (χ1) is 7.54. The van der Waals surface area contributed by atoms with E-state index in [0.717, 1.165) is 0 Å². The first kappa shape index (κ1) is 12.0. The predicted molar refractivity (Wildman–Crippen MR) is 56.2 cm³/mol. The first-order valence-electron chi connectivity index (χ1n) is 4.12. The molecule has 6 nitrogen and oxygen atoms in total. The van der Waals surface area contributed by atoms with E-state index < -0.39 is 11.9 Å². The Labute approximate surface area is 95.4 Å². The zero-order valence-corrected chi connectivity index (χ0v) is 8.93. The molecule has 0 bridgehead atoms. The van der Waals surface area contributed by atoms with Gasteiger partial charge in [-0.1, -0.05) is 11.6 Å². The average Bonchev–Trinajstić information content (AvgIpc) is 2.20. The molecule has 0 spiro atoms. The number of ether oxygens (including phenoxy) is 1. The van der Waals surface area contributed by atoms with Gasteiger partial charge in [0.2, 0.25) is 0 Å². The fraction of sp³-hybridized carbons (Fsp3) is 0.111. The second-order valence-corrected chi connectivity index (χ2v) is 3.17. The summed E-state index contributed by atoms with van der Waals surface area (Å²) in [5.74, 6) is -1.44. The van der Waals surface area contributed by atoms with Gasteiger partial charge in [0.15, 0.2) is 0 Å². The Balaban J connectivity index is 3.22. The van der Waals surface area contributed by atoms with Crippen LogP contribution in [0.25, 0.3) is 10.4 Å². The summed E-state index contributed by atoms with van der Waals surface area (Å²) in [7, 11) is 0. The number of halogens is 1. The van der Waals surface area contributed by atoms with Crippen LogP contribution in [0.3, 0.4) is 0 Å². The number of esters is 1. The fourth-order valence-corrected chi connectivity index (χ4v) is 1.18. The van der Waals surface area contributed by atoms with E-state index in [1.165, 1.54) is 25.1 Å². The molecule has 82 valence electrons. The molecular weight excluding hydrogens is 234 g/mol. The van der Waals surface area contributed by atoms with Gasteiger partial charge in [0.05, 0.1) is 5.56 Å². The molecule has 1 rings (SSSR count). The number of carbonyl (C=O) groups is 2. The summed E-state index contributed by atoms with van der Waals surface area (Å²) >= 11 is 5.67. The number of hydrogen-bond donors (Lipinski definition) is 0. The van der Waals surface area contributed by atoms with Crippen molar-refractivity contribution >= 4 is 23.5 Å². The van der Waals surface area contributed by atoms with Crippen molar-refractivity contribution in [3.63, 3.8) is 0 Å². The zero-order chi connectivity index (χ0) is 12.1. The SMILES string of the molecule is CC(=O)Oc1ccc(Cl)cc1C(=O)N=[N+]=[N-]. The topological polar surface area (TPSA) is 92.1 Å². The summed E-state index contributed by atoms with van der Waals surface area (Å²) in [6, 6.07) is 4.06. The van der Waals surface area contributed by atoms with E-state index in [-0.39, 0.29) is 16.3 Å². The molecule has 16 heavy (non-hydrogen) atoms. The van der Waals surface area contributed by atoms with E-state index in [1.807, 2.05) is 0 Å². The lowest BCUT2D eigenvalue weighted by Gasteiger charge is -2.05. The minimum Gasteiger partial charge on any atom is -0.426 e. The third-order valence-corrected chi connectivity index (χ3v) is 1.80. The van der Waals surface area contributed by atoms with Crippen LogP contribution in [0.15, 0.2) is 23.3 Å². The molecule has 0 saturated heterocycles. The Morgan fingerprint density at radius 3 is 2.75 bits per heavy atom. The summed E-state index contributed by atoms with van der Waals surface area (Å²) in [6.07, 6.45) is 0. The lowest BCUT2D eigenvalue weighted by molar-refractivity contribution is -0.131. The normalized spacial score (nSPS) is 9.12. The monoisotopic (exact) mass is 239 g/mol. The van der Waals surface area contributed by atoms with Gasteiger partial charge in [0.1, 0.15) is 5.75 Å². The van der Waals surface area contributed by atoms with Crippen molar-refractivity contribution in [2.45, 2.75) is 6.92 Å². The average molecular weight is 240 g/mol. The van der Waals surface area contributed by atoms with Gasteiger partial charge in [0.25, 0.3) is 5.91 Å². The van der Waals surface area contributed by atoms with E-state index in [9.17, 15) is 9.59 Å². The molecule has 0 radical (unpaired) electrons. The second kappa shape index (κ2) is 5.16. The third-order valence-electron chi connectivity index (χ3n) is 1.56. The highest BCUT2D eigenvalue weighted by Crippen LogP contribution is 2.23. The zero-order valence-electron chi connectivity index (χ0n) is 8.18. The summed E-state index contributed by atoms with van der Waals surface area (Å²) in [5, 5.41) is 3.17. The molecule has 1 aromatic carbocycles. The number of amides is 1. The molecule has 0 aliphatic carbocycles. The number of hydrogen-bond acceptors (Lipinski definition) is 3. The van der Waals surface area contributed by atoms with Gasteiger partial charge < -0.3 is 4.74 Å². The van der Waals surface area contributed by atoms with Crippen molar-refractivity contribution in [2.24, 2.45) is 5.11 Å². The maximum atomic E-state index is 11.3. The first-order valence-corrected chi connectivity index (χ1v) is 4.50. The van der Waals surface area contributed by atoms with Gasteiger partial charge in [0, 0.05) is 16.9 Å². The maximum Gasteiger partial charge on any atom is 0.308 e. The molecule has 0 aliphatic rings. The van der Waals surface area contributed by atoms with Crippen LogP contribution in [-0.2, 0) is 4.79 Å². The van der Waals surface area contributed by atoms with Crippen LogP contribution in [-0.4, -0.2) is 11.9 Å². The van der Waals surface area contributed by atoms with Crippen molar-refractivity contribution in [1.82, 2.24) is 0 Å². The minimum absolute atomic E-state index is 0.00861. The molecule has 0 atom stereocenters. The Kier molecular flexibility index (Phi) is 3.88. The van der Waals surface area contributed by atoms with E-state index in [0.29, 0.717) is 0 Å². The number of carbonyl (C=O) groups excluding carboxylic acids is 2. The molecular formula is C9H6ClN3O3. The Morgan fingerprint density at radius 2 is 2.19 bits per heavy atom. The van der Waals surface area contributed by atoms with Gasteiger partial charge in [-0.15, -0.1) is 0 Å². The summed E-state index contributed by atoms with van der Waals surface area (Å²) in [4.78, 5) is 24.4. The van der Waals surface area contributed by atoms with Gasteiger partial charge in [-0.25, -0.2) is 0 Å². The number of azide groups is 1. The molecule has 0 unspecified atom stereocenters. The van der Waals surface area contributed by atoms with Gasteiger partial charge in [-0.2, -0.15) is 0 Å². The minimum atomic E-state index is -0.860. The molecule has 0 fully saturated rings. The third kappa shape index (κ3) is 2.98. The number of rotatable bonds is 2. The molecule has 0 saturated carbocycles. The van der Waals surface area contributed by atoms with Crippen LogP contribution in [0.4, 0.5) is 0 Å². The van der Waals surface area contributed by atoms with Crippen molar-refractivity contribution < 1.29 is 14.3 Å².